The van der Waals surface area contributed by atoms with Crippen LogP contribution in [-0.4, -0.2) is 24.4 Å². The van der Waals surface area contributed by atoms with Crippen LogP contribution >= 0.6 is 0 Å². The highest BCUT2D eigenvalue weighted by molar-refractivity contribution is 5.91. The van der Waals surface area contributed by atoms with Gasteiger partial charge in [-0.05, 0) is 38.8 Å². The molecule has 0 radical (unpaired) electrons. The van der Waals surface area contributed by atoms with Crippen molar-refractivity contribution in [2.45, 2.75) is 40.2 Å². The Morgan fingerprint density at radius 1 is 1.18 bits per heavy atom. The van der Waals surface area contributed by atoms with Crippen molar-refractivity contribution in [2.24, 2.45) is 0 Å². The minimum Gasteiger partial charge on any atom is -0.464 e. The number of carbonyl (C=O) groups is 2. The topological polar surface area (TPSA) is 71.3 Å². The summed E-state index contributed by atoms with van der Waals surface area (Å²) >= 11 is 0. The molecule has 5 heteroatoms. The molecule has 0 saturated heterocycles. The molecule has 0 bridgehead atoms. The zero-order chi connectivity index (χ0) is 16.3. The number of amides is 2. The molecule has 5 nitrogen and oxygen atoms in total. The average Bonchev–Trinajstić information content (AvgIpc) is 2.84. The van der Waals surface area contributed by atoms with E-state index in [1.165, 1.54) is 0 Å². The van der Waals surface area contributed by atoms with Crippen LogP contribution in [0.25, 0.3) is 11.0 Å². The van der Waals surface area contributed by atoms with Crippen molar-refractivity contribution >= 4 is 22.8 Å². The van der Waals surface area contributed by atoms with Crippen molar-refractivity contribution in [3.8, 4) is 0 Å². The van der Waals surface area contributed by atoms with E-state index in [4.69, 9.17) is 4.42 Å². The lowest BCUT2D eigenvalue weighted by molar-refractivity contribution is -0.126. The van der Waals surface area contributed by atoms with E-state index < -0.39 is 0 Å². The smallest absolute Gasteiger partial charge is 0.239 e. The number of hydrogen-bond donors (Lipinski definition) is 2. The number of benzene rings is 1. The summed E-state index contributed by atoms with van der Waals surface area (Å²) < 4.78 is 5.58. The quantitative estimate of drug-likeness (QED) is 0.889. The third-order valence-electron chi connectivity index (χ3n) is 3.59. The zero-order valence-corrected chi connectivity index (χ0v) is 13.4. The molecule has 0 unspecified atom stereocenters. The van der Waals surface area contributed by atoms with Crippen molar-refractivity contribution in [2.75, 3.05) is 6.54 Å². The molecule has 0 fully saturated rings. The summed E-state index contributed by atoms with van der Waals surface area (Å²) in [4.78, 5) is 23.5. The van der Waals surface area contributed by atoms with Crippen LogP contribution in [0.3, 0.4) is 0 Å². The Labute approximate surface area is 130 Å². The lowest BCUT2D eigenvalue weighted by Gasteiger charge is -2.09. The third kappa shape index (κ3) is 3.67. The van der Waals surface area contributed by atoms with Gasteiger partial charge in [-0.3, -0.25) is 9.59 Å². The Balaban J connectivity index is 2.01. The molecule has 0 spiro atoms. The molecular weight excluding hydrogens is 280 g/mol. The molecule has 1 heterocycles. The van der Waals surface area contributed by atoms with Gasteiger partial charge in [0.05, 0.1) is 19.2 Å². The van der Waals surface area contributed by atoms with Gasteiger partial charge < -0.3 is 15.1 Å². The Morgan fingerprint density at radius 2 is 1.91 bits per heavy atom. The van der Waals surface area contributed by atoms with Gasteiger partial charge in [0.25, 0.3) is 0 Å². The summed E-state index contributed by atoms with van der Waals surface area (Å²) in [5.41, 5.74) is 3.89. The van der Waals surface area contributed by atoms with E-state index in [1.807, 2.05) is 39.8 Å². The van der Waals surface area contributed by atoms with Gasteiger partial charge in [-0.1, -0.05) is 12.1 Å². The van der Waals surface area contributed by atoms with Crippen LogP contribution in [0.5, 0.6) is 0 Å². The maximum atomic E-state index is 12.0. The van der Waals surface area contributed by atoms with Crippen molar-refractivity contribution < 1.29 is 14.0 Å². The first-order valence-corrected chi connectivity index (χ1v) is 7.41. The van der Waals surface area contributed by atoms with Gasteiger partial charge in [0, 0.05) is 17.0 Å². The second kappa shape index (κ2) is 6.64. The van der Waals surface area contributed by atoms with Crippen LogP contribution in [0.4, 0.5) is 0 Å². The van der Waals surface area contributed by atoms with Crippen molar-refractivity contribution in [3.63, 3.8) is 0 Å². The van der Waals surface area contributed by atoms with Crippen LogP contribution in [0.2, 0.25) is 0 Å². The maximum absolute atomic E-state index is 12.0. The number of nitrogens with one attached hydrogen (secondary N) is 2. The van der Waals surface area contributed by atoms with Crippen LogP contribution in [0.15, 0.2) is 22.8 Å². The number of aryl methyl sites for hydroxylation is 2. The van der Waals surface area contributed by atoms with Gasteiger partial charge in [0.2, 0.25) is 11.8 Å². The first-order valence-electron chi connectivity index (χ1n) is 7.41. The van der Waals surface area contributed by atoms with E-state index in [2.05, 4.69) is 10.6 Å². The largest absolute Gasteiger partial charge is 0.464 e. The average molecular weight is 302 g/mol. The first-order chi connectivity index (χ1) is 10.4. The summed E-state index contributed by atoms with van der Waals surface area (Å²) in [7, 11) is 0. The van der Waals surface area contributed by atoms with Crippen LogP contribution in [0, 0.1) is 13.8 Å². The molecule has 0 aliphatic rings. The lowest BCUT2D eigenvalue weighted by Crippen LogP contribution is -2.40. The molecule has 1 aromatic heterocycles. The second-order valence-electron chi connectivity index (χ2n) is 5.82. The van der Waals surface area contributed by atoms with Gasteiger partial charge in [0.1, 0.15) is 5.58 Å². The Kier molecular flexibility index (Phi) is 4.85. The van der Waals surface area contributed by atoms with Crippen molar-refractivity contribution in [1.82, 2.24) is 10.6 Å². The van der Waals surface area contributed by atoms with Gasteiger partial charge >= 0.3 is 0 Å². The first kappa shape index (κ1) is 16.1. The summed E-state index contributed by atoms with van der Waals surface area (Å²) in [5.74, 6) is -0.383. The molecule has 2 rings (SSSR count). The van der Waals surface area contributed by atoms with E-state index in [0.29, 0.717) is 0 Å². The molecule has 0 saturated carbocycles. The predicted octanol–water partition coefficient (Wildman–Crippen LogP) is 2.23. The fourth-order valence-electron chi connectivity index (χ4n) is 2.31. The van der Waals surface area contributed by atoms with Gasteiger partial charge in [-0.15, -0.1) is 0 Å². The molecule has 1 aromatic carbocycles. The molecule has 2 N–H and O–H groups in total. The molecule has 2 amide bonds. The highest BCUT2D eigenvalue weighted by Crippen LogP contribution is 2.26. The predicted molar refractivity (Wildman–Crippen MR) is 85.7 cm³/mol. The van der Waals surface area contributed by atoms with Crippen LogP contribution in [0.1, 0.15) is 30.5 Å². The monoisotopic (exact) mass is 302 g/mol. The van der Waals surface area contributed by atoms with E-state index in [-0.39, 0.29) is 30.8 Å². The van der Waals surface area contributed by atoms with Gasteiger partial charge in [-0.2, -0.15) is 0 Å². The maximum Gasteiger partial charge on any atom is 0.239 e. The van der Waals surface area contributed by atoms with E-state index in [1.54, 1.807) is 6.26 Å². The molecular formula is C17H22N2O3. The van der Waals surface area contributed by atoms with Gasteiger partial charge in [-0.25, -0.2) is 0 Å². The SMILES string of the molecule is Cc1ccc2c(CC(=O)NCC(=O)NC(C)C)coc2c1C. The Morgan fingerprint density at radius 3 is 2.59 bits per heavy atom. The highest BCUT2D eigenvalue weighted by atomic mass is 16.3. The normalized spacial score (nSPS) is 11.0. The van der Waals surface area contributed by atoms with Crippen LogP contribution < -0.4 is 10.6 Å². The summed E-state index contributed by atoms with van der Waals surface area (Å²) in [6, 6.07) is 4.05. The zero-order valence-electron chi connectivity index (χ0n) is 13.4. The highest BCUT2D eigenvalue weighted by Gasteiger charge is 2.13. The molecule has 2 aromatic rings. The molecule has 0 aliphatic heterocycles. The van der Waals surface area contributed by atoms with Crippen molar-refractivity contribution in [1.29, 1.82) is 0 Å². The van der Waals surface area contributed by atoms with E-state index in [9.17, 15) is 9.59 Å². The summed E-state index contributed by atoms with van der Waals surface area (Å²) in [5, 5.41) is 6.30. The summed E-state index contributed by atoms with van der Waals surface area (Å²) in [6.07, 6.45) is 1.81. The Bertz CT molecular complexity index is 701. The van der Waals surface area contributed by atoms with Gasteiger partial charge in [0.15, 0.2) is 0 Å². The molecule has 0 atom stereocenters. The van der Waals surface area contributed by atoms with Crippen LogP contribution in [-0.2, 0) is 16.0 Å². The molecule has 118 valence electrons. The van der Waals surface area contributed by atoms with E-state index in [0.717, 1.165) is 27.7 Å². The number of furan rings is 1. The number of hydrogen-bond acceptors (Lipinski definition) is 3. The Hall–Kier alpha value is -2.30. The number of carbonyl (C=O) groups excluding carboxylic acids is 2. The fourth-order valence-corrected chi connectivity index (χ4v) is 2.31. The van der Waals surface area contributed by atoms with E-state index >= 15 is 0 Å². The van der Waals surface area contributed by atoms with Crippen molar-refractivity contribution in [3.05, 3.63) is 35.1 Å². The lowest BCUT2D eigenvalue weighted by atomic mass is 10.0. The number of fused-ring (bicyclic) bond motifs is 1. The summed E-state index contributed by atoms with van der Waals surface area (Å²) in [6.45, 7) is 7.77. The standard InChI is InChI=1S/C17H22N2O3/c1-10(2)19-16(21)8-18-15(20)7-13-9-22-17-12(4)11(3)5-6-14(13)17/h5-6,9-10H,7-8H2,1-4H3,(H,18,20)(H,19,21). The molecule has 22 heavy (non-hydrogen) atoms. The minimum atomic E-state index is -0.195. The third-order valence-corrected chi connectivity index (χ3v) is 3.59. The minimum absolute atomic E-state index is 0.00899. The fraction of sp³-hybridized carbons (Fsp3) is 0.412. The number of rotatable bonds is 5. The second-order valence-corrected chi connectivity index (χ2v) is 5.82. The molecule has 0 aliphatic carbocycles.